The molecule has 1 aliphatic heterocycles. The first-order valence-corrected chi connectivity index (χ1v) is 6.77. The molecule has 1 amide bonds. The van der Waals surface area contributed by atoms with E-state index in [9.17, 15) is 4.79 Å². The van der Waals surface area contributed by atoms with Gasteiger partial charge in [0.25, 0.3) is 5.91 Å². The van der Waals surface area contributed by atoms with Crippen LogP contribution in [0.2, 0.25) is 0 Å². The van der Waals surface area contributed by atoms with Crippen molar-refractivity contribution in [3.8, 4) is 6.07 Å². The molecular weight excluding hydrogens is 250 g/mol. The Kier molecular flexibility index (Phi) is 3.89. The number of carbonyl (C=O) groups excluding carboxylic acids is 1. The van der Waals surface area contributed by atoms with Crippen molar-refractivity contribution in [2.24, 2.45) is 5.41 Å². The summed E-state index contributed by atoms with van der Waals surface area (Å²) in [6.45, 7) is 7.94. The second-order valence-corrected chi connectivity index (χ2v) is 6.02. The van der Waals surface area contributed by atoms with E-state index in [2.05, 4.69) is 31.8 Å². The lowest BCUT2D eigenvalue weighted by Gasteiger charge is -2.32. The fraction of sp³-hybridized carbons (Fsp3) is 0.438. The lowest BCUT2D eigenvalue weighted by Crippen LogP contribution is -2.36. The molecule has 0 aromatic carbocycles. The van der Waals surface area contributed by atoms with Crippen LogP contribution in [0.3, 0.4) is 0 Å². The monoisotopic (exact) mass is 269 g/mol. The molecule has 0 bridgehead atoms. The molecule has 0 N–H and O–H groups in total. The minimum atomic E-state index is -0.0706. The molecule has 0 unspecified atom stereocenters. The number of rotatable bonds is 1. The maximum absolute atomic E-state index is 12.3. The van der Waals surface area contributed by atoms with E-state index in [-0.39, 0.29) is 11.3 Å². The summed E-state index contributed by atoms with van der Waals surface area (Å²) in [5.41, 5.74) is 2.43. The smallest absolute Gasteiger partial charge is 0.272 e. The van der Waals surface area contributed by atoms with E-state index >= 15 is 0 Å². The van der Waals surface area contributed by atoms with Gasteiger partial charge in [-0.3, -0.25) is 4.79 Å². The summed E-state index contributed by atoms with van der Waals surface area (Å²) in [5.74, 6) is -0.0706. The number of nitriles is 1. The molecule has 2 rings (SSSR count). The summed E-state index contributed by atoms with van der Waals surface area (Å²) in [7, 11) is 0. The molecule has 0 aliphatic carbocycles. The highest BCUT2D eigenvalue weighted by atomic mass is 16.2. The average molecular weight is 269 g/mol. The Labute approximate surface area is 119 Å². The van der Waals surface area contributed by atoms with Crippen LogP contribution in [0.4, 0.5) is 0 Å². The molecule has 1 aromatic rings. The van der Waals surface area contributed by atoms with Gasteiger partial charge in [-0.2, -0.15) is 5.26 Å². The van der Waals surface area contributed by atoms with E-state index in [0.717, 1.165) is 13.0 Å². The summed E-state index contributed by atoms with van der Waals surface area (Å²) in [6.07, 6.45) is 4.49. The Balaban J connectivity index is 2.08. The molecule has 0 atom stereocenters. The largest absolute Gasteiger partial charge is 0.333 e. The molecule has 104 valence electrons. The Morgan fingerprint density at radius 1 is 1.40 bits per heavy atom. The number of pyridine rings is 1. The summed E-state index contributed by atoms with van der Waals surface area (Å²) in [4.78, 5) is 18.2. The zero-order valence-electron chi connectivity index (χ0n) is 12.2. The predicted molar refractivity (Wildman–Crippen MR) is 77.0 cm³/mol. The van der Waals surface area contributed by atoms with Gasteiger partial charge >= 0.3 is 0 Å². The minimum Gasteiger partial charge on any atom is -0.333 e. The van der Waals surface area contributed by atoms with Crippen molar-refractivity contribution in [2.75, 3.05) is 13.1 Å². The number of aromatic nitrogens is 1. The summed E-state index contributed by atoms with van der Waals surface area (Å²) in [5, 5.41) is 8.73. The van der Waals surface area contributed by atoms with Gasteiger partial charge in [-0.05, 0) is 24.0 Å². The molecule has 0 saturated carbocycles. The van der Waals surface area contributed by atoms with E-state index in [1.54, 1.807) is 17.0 Å². The van der Waals surface area contributed by atoms with Crippen LogP contribution in [-0.4, -0.2) is 28.9 Å². The van der Waals surface area contributed by atoms with Gasteiger partial charge < -0.3 is 4.90 Å². The molecular formula is C16H19N3O. The standard InChI is InChI=1S/C16H19N3O/c1-16(2,3)13-6-8-19(9-7-13)15(20)14-5-4-12(10-17)11-18-14/h4-6,11H,7-9H2,1-3H3. The lowest BCUT2D eigenvalue weighted by molar-refractivity contribution is 0.0759. The first-order valence-electron chi connectivity index (χ1n) is 6.77. The lowest BCUT2D eigenvalue weighted by atomic mass is 9.83. The third kappa shape index (κ3) is 3.05. The van der Waals surface area contributed by atoms with Crippen molar-refractivity contribution in [1.82, 2.24) is 9.88 Å². The van der Waals surface area contributed by atoms with Crippen molar-refractivity contribution in [3.05, 3.63) is 41.2 Å². The summed E-state index contributed by atoms with van der Waals surface area (Å²) >= 11 is 0. The zero-order valence-corrected chi connectivity index (χ0v) is 12.2. The van der Waals surface area contributed by atoms with Gasteiger partial charge in [0.15, 0.2) is 0 Å². The van der Waals surface area contributed by atoms with Crippen molar-refractivity contribution < 1.29 is 4.79 Å². The van der Waals surface area contributed by atoms with Crippen molar-refractivity contribution in [3.63, 3.8) is 0 Å². The van der Waals surface area contributed by atoms with Crippen molar-refractivity contribution in [1.29, 1.82) is 5.26 Å². The Morgan fingerprint density at radius 2 is 2.15 bits per heavy atom. The van der Waals surface area contributed by atoms with Gasteiger partial charge in [-0.1, -0.05) is 32.4 Å². The molecule has 1 aromatic heterocycles. The Hall–Kier alpha value is -2.15. The van der Waals surface area contributed by atoms with E-state index in [4.69, 9.17) is 5.26 Å². The van der Waals surface area contributed by atoms with Gasteiger partial charge in [0.05, 0.1) is 5.56 Å². The molecule has 4 heteroatoms. The highest BCUT2D eigenvalue weighted by molar-refractivity contribution is 5.92. The molecule has 1 aliphatic rings. The van der Waals surface area contributed by atoms with E-state index < -0.39 is 0 Å². The fourth-order valence-corrected chi connectivity index (χ4v) is 2.28. The normalized spacial score (nSPS) is 15.5. The van der Waals surface area contributed by atoms with Crippen LogP contribution in [-0.2, 0) is 0 Å². The van der Waals surface area contributed by atoms with Gasteiger partial charge in [-0.15, -0.1) is 0 Å². The SMILES string of the molecule is CC(C)(C)C1=CCN(C(=O)c2ccc(C#N)cn2)CC1. The fourth-order valence-electron chi connectivity index (χ4n) is 2.28. The molecule has 20 heavy (non-hydrogen) atoms. The third-order valence-corrected chi connectivity index (χ3v) is 3.57. The number of hydrogen-bond donors (Lipinski definition) is 0. The number of amides is 1. The highest BCUT2D eigenvalue weighted by Gasteiger charge is 2.24. The number of hydrogen-bond acceptors (Lipinski definition) is 3. The molecule has 0 fully saturated rings. The zero-order chi connectivity index (χ0) is 14.8. The molecule has 0 radical (unpaired) electrons. The molecule has 0 saturated heterocycles. The van der Waals surface area contributed by atoms with Crippen LogP contribution in [0.1, 0.15) is 43.2 Å². The minimum absolute atomic E-state index is 0.0706. The topological polar surface area (TPSA) is 57.0 Å². The van der Waals surface area contributed by atoms with Crippen LogP contribution < -0.4 is 0 Å². The maximum atomic E-state index is 12.3. The number of carbonyl (C=O) groups is 1. The van der Waals surface area contributed by atoms with Gasteiger partial charge in [0.2, 0.25) is 0 Å². The van der Waals surface area contributed by atoms with Crippen LogP contribution in [0.15, 0.2) is 30.0 Å². The highest BCUT2D eigenvalue weighted by Crippen LogP contribution is 2.30. The van der Waals surface area contributed by atoms with Crippen molar-refractivity contribution in [2.45, 2.75) is 27.2 Å². The van der Waals surface area contributed by atoms with Gasteiger partial charge in [0.1, 0.15) is 11.8 Å². The van der Waals surface area contributed by atoms with Crippen LogP contribution in [0, 0.1) is 16.7 Å². The second-order valence-electron chi connectivity index (χ2n) is 6.02. The average Bonchev–Trinajstić information content (AvgIpc) is 2.46. The van der Waals surface area contributed by atoms with E-state index in [1.807, 2.05) is 6.07 Å². The van der Waals surface area contributed by atoms with Gasteiger partial charge in [-0.25, -0.2) is 4.98 Å². The first kappa shape index (κ1) is 14.3. The molecule has 2 heterocycles. The van der Waals surface area contributed by atoms with E-state index in [1.165, 1.54) is 11.8 Å². The van der Waals surface area contributed by atoms with Crippen LogP contribution in [0.25, 0.3) is 0 Å². The number of nitrogens with zero attached hydrogens (tertiary/aromatic N) is 3. The quantitative estimate of drug-likeness (QED) is 0.737. The first-order chi connectivity index (χ1) is 9.41. The Morgan fingerprint density at radius 3 is 2.60 bits per heavy atom. The molecule has 4 nitrogen and oxygen atoms in total. The van der Waals surface area contributed by atoms with Crippen LogP contribution >= 0.6 is 0 Å². The summed E-state index contributed by atoms with van der Waals surface area (Å²) < 4.78 is 0. The molecule has 0 spiro atoms. The third-order valence-electron chi connectivity index (χ3n) is 3.57. The van der Waals surface area contributed by atoms with Crippen molar-refractivity contribution >= 4 is 5.91 Å². The maximum Gasteiger partial charge on any atom is 0.272 e. The predicted octanol–water partition coefficient (Wildman–Crippen LogP) is 2.77. The van der Waals surface area contributed by atoms with Gasteiger partial charge in [0, 0.05) is 19.3 Å². The Bertz CT molecular complexity index is 573. The van der Waals surface area contributed by atoms with E-state index in [0.29, 0.717) is 17.8 Å². The second kappa shape index (κ2) is 5.46. The van der Waals surface area contributed by atoms with Crippen LogP contribution in [0.5, 0.6) is 0 Å². The summed E-state index contributed by atoms with van der Waals surface area (Å²) in [6, 6.07) is 5.24.